The van der Waals surface area contributed by atoms with E-state index >= 15 is 0 Å². The van der Waals surface area contributed by atoms with E-state index in [1.54, 1.807) is 11.0 Å². The Labute approximate surface area is 202 Å². The van der Waals surface area contributed by atoms with E-state index in [-0.39, 0.29) is 17.9 Å². The molecule has 0 bridgehead atoms. The van der Waals surface area contributed by atoms with Gasteiger partial charge < -0.3 is 15.0 Å². The van der Waals surface area contributed by atoms with E-state index in [2.05, 4.69) is 5.32 Å². The van der Waals surface area contributed by atoms with Gasteiger partial charge in [-0.3, -0.25) is 9.59 Å². The lowest BCUT2D eigenvalue weighted by atomic mass is 9.95. The third kappa shape index (κ3) is 8.08. The van der Waals surface area contributed by atoms with Crippen LogP contribution in [-0.2, 0) is 16.1 Å². The third-order valence-corrected chi connectivity index (χ3v) is 6.42. The monoisotopic (exact) mass is 470 g/mol. The first-order chi connectivity index (χ1) is 15.9. The second-order valence-electron chi connectivity index (χ2n) is 8.94. The van der Waals surface area contributed by atoms with Gasteiger partial charge in [-0.05, 0) is 62.9 Å². The molecule has 5 nitrogen and oxygen atoms in total. The topological polar surface area (TPSA) is 58.6 Å². The number of rotatable bonds is 10. The highest BCUT2D eigenvalue weighted by molar-refractivity contribution is 6.30. The minimum Gasteiger partial charge on any atom is -0.494 e. The van der Waals surface area contributed by atoms with Gasteiger partial charge >= 0.3 is 0 Å². The molecular weight excluding hydrogens is 436 g/mol. The molecule has 0 heterocycles. The average molecular weight is 471 g/mol. The van der Waals surface area contributed by atoms with Gasteiger partial charge in [0.1, 0.15) is 11.8 Å². The molecule has 0 aromatic heterocycles. The summed E-state index contributed by atoms with van der Waals surface area (Å²) in [6.45, 7) is 4.63. The fraction of sp³-hybridized carbons (Fsp3) is 0.481. The lowest BCUT2D eigenvalue weighted by Crippen LogP contribution is -2.50. The predicted molar refractivity (Wildman–Crippen MR) is 132 cm³/mol. The fourth-order valence-electron chi connectivity index (χ4n) is 4.17. The minimum absolute atomic E-state index is 0.0613. The standard InChI is InChI=1S/C27H35ClN2O3/c1-20-13-15-25(16-14-20)33-17-7-12-26(31)30(19-22-8-6-9-23(28)18-22)21(2)27(32)29-24-10-4-3-5-11-24/h6,8-9,13-16,18,21,24H,3-5,7,10-12,17,19H2,1-2H3,(H,29,32)/t21-/m0/s1. The zero-order chi connectivity index (χ0) is 23.6. The van der Waals surface area contributed by atoms with E-state index in [0.29, 0.717) is 31.0 Å². The summed E-state index contributed by atoms with van der Waals surface area (Å²) >= 11 is 6.15. The van der Waals surface area contributed by atoms with Crippen LogP contribution in [-0.4, -0.2) is 35.4 Å². The normalized spacial score (nSPS) is 15.0. The molecule has 1 atom stereocenters. The van der Waals surface area contributed by atoms with Crippen molar-refractivity contribution in [1.29, 1.82) is 0 Å². The Hall–Kier alpha value is -2.53. The number of nitrogens with one attached hydrogen (secondary N) is 1. The van der Waals surface area contributed by atoms with E-state index in [1.807, 2.05) is 56.3 Å². The molecule has 1 fully saturated rings. The van der Waals surface area contributed by atoms with Crippen molar-refractivity contribution < 1.29 is 14.3 Å². The summed E-state index contributed by atoms with van der Waals surface area (Å²) in [5.74, 6) is 0.644. The SMILES string of the molecule is Cc1ccc(OCCCC(=O)N(Cc2cccc(Cl)c2)[C@@H](C)C(=O)NC2CCCCC2)cc1. The largest absolute Gasteiger partial charge is 0.494 e. The van der Waals surface area contributed by atoms with Crippen LogP contribution in [0, 0.1) is 6.92 Å². The lowest BCUT2D eigenvalue weighted by molar-refractivity contribution is -0.141. The predicted octanol–water partition coefficient (Wildman–Crippen LogP) is 5.67. The summed E-state index contributed by atoms with van der Waals surface area (Å²) in [4.78, 5) is 27.8. The van der Waals surface area contributed by atoms with Crippen LogP contribution in [0.15, 0.2) is 48.5 Å². The van der Waals surface area contributed by atoms with E-state index in [0.717, 1.165) is 37.0 Å². The Bertz CT molecular complexity index is 910. The van der Waals surface area contributed by atoms with Crippen molar-refractivity contribution in [2.75, 3.05) is 6.61 Å². The number of nitrogens with zero attached hydrogens (tertiary/aromatic N) is 1. The Morgan fingerprint density at radius 1 is 1.12 bits per heavy atom. The van der Waals surface area contributed by atoms with Crippen LogP contribution in [0.5, 0.6) is 5.75 Å². The molecule has 178 valence electrons. The molecule has 3 rings (SSSR count). The number of benzene rings is 2. The van der Waals surface area contributed by atoms with Crippen LogP contribution in [0.4, 0.5) is 0 Å². The number of aryl methyl sites for hydroxylation is 1. The van der Waals surface area contributed by atoms with Crippen LogP contribution in [0.2, 0.25) is 5.02 Å². The maximum atomic E-state index is 13.2. The van der Waals surface area contributed by atoms with Crippen molar-refractivity contribution in [2.45, 2.75) is 77.4 Å². The van der Waals surface area contributed by atoms with Crippen LogP contribution in [0.25, 0.3) is 0 Å². The molecule has 2 aromatic carbocycles. The maximum absolute atomic E-state index is 13.2. The Kier molecular flexibility index (Phi) is 9.61. The molecule has 0 aliphatic heterocycles. The highest BCUT2D eigenvalue weighted by atomic mass is 35.5. The Balaban J connectivity index is 1.60. The molecule has 0 saturated heterocycles. The van der Waals surface area contributed by atoms with Gasteiger partial charge in [-0.15, -0.1) is 0 Å². The smallest absolute Gasteiger partial charge is 0.242 e. The van der Waals surface area contributed by atoms with Crippen LogP contribution in [0.3, 0.4) is 0 Å². The van der Waals surface area contributed by atoms with Crippen molar-refractivity contribution in [1.82, 2.24) is 10.2 Å². The molecule has 2 aromatic rings. The maximum Gasteiger partial charge on any atom is 0.242 e. The molecule has 0 unspecified atom stereocenters. The van der Waals surface area contributed by atoms with Gasteiger partial charge in [-0.25, -0.2) is 0 Å². The second kappa shape index (κ2) is 12.6. The van der Waals surface area contributed by atoms with Gasteiger partial charge in [0.25, 0.3) is 0 Å². The molecule has 6 heteroatoms. The van der Waals surface area contributed by atoms with Gasteiger partial charge in [0, 0.05) is 24.0 Å². The molecule has 33 heavy (non-hydrogen) atoms. The molecule has 1 saturated carbocycles. The summed E-state index contributed by atoms with van der Waals surface area (Å²) in [7, 11) is 0. The zero-order valence-corrected chi connectivity index (χ0v) is 20.4. The van der Waals surface area contributed by atoms with Gasteiger partial charge in [0.2, 0.25) is 11.8 Å². The van der Waals surface area contributed by atoms with Crippen molar-refractivity contribution in [3.63, 3.8) is 0 Å². The lowest BCUT2D eigenvalue weighted by Gasteiger charge is -2.31. The highest BCUT2D eigenvalue weighted by Crippen LogP contribution is 2.19. The van der Waals surface area contributed by atoms with Crippen molar-refractivity contribution in [2.24, 2.45) is 0 Å². The highest BCUT2D eigenvalue weighted by Gasteiger charge is 2.27. The number of carbonyl (C=O) groups is 2. The fourth-order valence-corrected chi connectivity index (χ4v) is 4.39. The van der Waals surface area contributed by atoms with Gasteiger partial charge in [-0.2, -0.15) is 0 Å². The molecule has 0 spiro atoms. The average Bonchev–Trinajstić information content (AvgIpc) is 2.81. The molecule has 0 radical (unpaired) electrons. The van der Waals surface area contributed by atoms with Crippen molar-refractivity contribution in [3.05, 3.63) is 64.7 Å². The second-order valence-corrected chi connectivity index (χ2v) is 9.37. The minimum atomic E-state index is -0.559. The molecule has 2 amide bonds. The zero-order valence-electron chi connectivity index (χ0n) is 19.7. The van der Waals surface area contributed by atoms with E-state index in [4.69, 9.17) is 16.3 Å². The summed E-state index contributed by atoms with van der Waals surface area (Å²) in [6.07, 6.45) is 6.43. The summed E-state index contributed by atoms with van der Waals surface area (Å²) in [5.41, 5.74) is 2.08. The number of amides is 2. The number of ether oxygens (including phenoxy) is 1. The van der Waals surface area contributed by atoms with Crippen LogP contribution < -0.4 is 10.1 Å². The summed E-state index contributed by atoms with van der Waals surface area (Å²) in [6, 6.07) is 14.9. The number of halogens is 1. The number of hydrogen-bond donors (Lipinski definition) is 1. The molecule has 1 aliphatic rings. The number of hydrogen-bond acceptors (Lipinski definition) is 3. The molecule has 1 aliphatic carbocycles. The summed E-state index contributed by atoms with van der Waals surface area (Å²) in [5, 5.41) is 3.78. The van der Waals surface area contributed by atoms with Gasteiger partial charge in [0.05, 0.1) is 6.61 Å². The van der Waals surface area contributed by atoms with Gasteiger partial charge in [0.15, 0.2) is 0 Å². The van der Waals surface area contributed by atoms with Crippen molar-refractivity contribution in [3.8, 4) is 5.75 Å². The van der Waals surface area contributed by atoms with Crippen LogP contribution in [0.1, 0.15) is 63.0 Å². The Morgan fingerprint density at radius 2 is 1.85 bits per heavy atom. The van der Waals surface area contributed by atoms with Crippen molar-refractivity contribution >= 4 is 23.4 Å². The van der Waals surface area contributed by atoms with E-state index < -0.39 is 6.04 Å². The first-order valence-electron chi connectivity index (χ1n) is 12.0. The van der Waals surface area contributed by atoms with Crippen LogP contribution >= 0.6 is 11.6 Å². The van der Waals surface area contributed by atoms with Gasteiger partial charge in [-0.1, -0.05) is 60.7 Å². The first-order valence-corrected chi connectivity index (χ1v) is 12.3. The van der Waals surface area contributed by atoms with E-state index in [9.17, 15) is 9.59 Å². The first kappa shape index (κ1) is 25.1. The quantitative estimate of drug-likeness (QED) is 0.455. The molecule has 1 N–H and O–H groups in total. The third-order valence-electron chi connectivity index (χ3n) is 6.19. The summed E-state index contributed by atoms with van der Waals surface area (Å²) < 4.78 is 5.77. The Morgan fingerprint density at radius 3 is 2.55 bits per heavy atom. The number of carbonyl (C=O) groups excluding carboxylic acids is 2. The molecular formula is C27H35ClN2O3. The van der Waals surface area contributed by atoms with E-state index in [1.165, 1.54) is 12.0 Å².